The van der Waals surface area contributed by atoms with Crippen molar-refractivity contribution in [2.75, 3.05) is 0 Å². The number of amides is 2. The van der Waals surface area contributed by atoms with Crippen LogP contribution in [0, 0.1) is 12.8 Å². The van der Waals surface area contributed by atoms with E-state index in [9.17, 15) is 9.59 Å². The van der Waals surface area contributed by atoms with Gasteiger partial charge >= 0.3 is 0 Å². The summed E-state index contributed by atoms with van der Waals surface area (Å²) in [4.78, 5) is 23.4. The first kappa shape index (κ1) is 13.3. The molecule has 2 rings (SSSR count). The first-order chi connectivity index (χ1) is 9.15. The maximum absolute atomic E-state index is 11.8. The van der Waals surface area contributed by atoms with E-state index in [1.165, 1.54) is 0 Å². The Morgan fingerprint density at radius 1 is 1.21 bits per heavy atom. The molecule has 1 atom stereocenters. The van der Waals surface area contributed by atoms with E-state index in [1.54, 1.807) is 12.1 Å². The molecule has 0 aromatic heterocycles. The molecule has 2 N–H and O–H groups in total. The summed E-state index contributed by atoms with van der Waals surface area (Å²) in [5.74, 6) is -0.149. The molecule has 19 heavy (non-hydrogen) atoms. The Bertz CT molecular complexity index is 491. The average molecular weight is 258 g/mol. The summed E-state index contributed by atoms with van der Waals surface area (Å²) in [6, 6.07) is 7.19. The van der Waals surface area contributed by atoms with Gasteiger partial charge in [0.1, 0.15) is 0 Å². The number of nitrogens with one attached hydrogen (secondary N) is 2. The van der Waals surface area contributed by atoms with Crippen molar-refractivity contribution in [2.45, 2.75) is 26.2 Å². The van der Waals surface area contributed by atoms with Crippen LogP contribution in [-0.4, -0.2) is 11.8 Å². The number of carbonyl (C=O) groups excluding carboxylic acids is 2. The lowest BCUT2D eigenvalue weighted by molar-refractivity contribution is -0.122. The molecule has 1 aliphatic rings. The van der Waals surface area contributed by atoms with E-state index < -0.39 is 0 Å². The van der Waals surface area contributed by atoms with Gasteiger partial charge < -0.3 is 0 Å². The van der Waals surface area contributed by atoms with Crippen LogP contribution in [0.5, 0.6) is 0 Å². The van der Waals surface area contributed by atoms with Crippen LogP contribution in [0.2, 0.25) is 0 Å². The zero-order valence-corrected chi connectivity index (χ0v) is 11.0. The highest BCUT2D eigenvalue weighted by atomic mass is 16.2. The van der Waals surface area contributed by atoms with Gasteiger partial charge in [-0.1, -0.05) is 29.8 Å². The fourth-order valence-corrected chi connectivity index (χ4v) is 2.06. The summed E-state index contributed by atoms with van der Waals surface area (Å²) >= 11 is 0. The Hall–Kier alpha value is -2.10. The third-order valence-electron chi connectivity index (χ3n) is 3.19. The molecule has 4 nitrogen and oxygen atoms in total. The standard InChI is InChI=1S/C15H18N2O2/c1-11-6-8-13(9-7-11)15(19)17-16-14(18)10-12-4-2-3-5-12/h2,4,6-9,12H,3,5,10H2,1H3,(H,16,18)(H,17,19). The van der Waals surface area contributed by atoms with E-state index in [1.807, 2.05) is 19.1 Å². The van der Waals surface area contributed by atoms with Crippen LogP contribution in [0.4, 0.5) is 0 Å². The number of allylic oxidation sites excluding steroid dienone is 2. The molecule has 0 bridgehead atoms. The highest BCUT2D eigenvalue weighted by Crippen LogP contribution is 2.19. The fourth-order valence-electron chi connectivity index (χ4n) is 2.06. The fraction of sp³-hybridized carbons (Fsp3) is 0.333. The molecule has 1 unspecified atom stereocenters. The van der Waals surface area contributed by atoms with Crippen molar-refractivity contribution >= 4 is 11.8 Å². The van der Waals surface area contributed by atoms with Crippen LogP contribution in [0.15, 0.2) is 36.4 Å². The minimum atomic E-state index is -0.296. The van der Waals surface area contributed by atoms with Crippen LogP contribution in [0.25, 0.3) is 0 Å². The summed E-state index contributed by atoms with van der Waals surface area (Å²) in [6.07, 6.45) is 6.61. The number of benzene rings is 1. The maximum Gasteiger partial charge on any atom is 0.269 e. The average Bonchev–Trinajstić information content (AvgIpc) is 2.89. The largest absolute Gasteiger partial charge is 0.273 e. The molecule has 2 amide bonds. The van der Waals surface area contributed by atoms with Gasteiger partial charge in [0.05, 0.1) is 0 Å². The number of hydrogen-bond acceptors (Lipinski definition) is 2. The van der Waals surface area contributed by atoms with E-state index in [4.69, 9.17) is 0 Å². The van der Waals surface area contributed by atoms with Gasteiger partial charge in [0.15, 0.2) is 0 Å². The molecule has 100 valence electrons. The summed E-state index contributed by atoms with van der Waals surface area (Å²) in [5.41, 5.74) is 6.50. The van der Waals surface area contributed by atoms with Gasteiger partial charge in [-0.2, -0.15) is 0 Å². The van der Waals surface area contributed by atoms with Crippen LogP contribution >= 0.6 is 0 Å². The predicted molar refractivity (Wildman–Crippen MR) is 73.3 cm³/mol. The highest BCUT2D eigenvalue weighted by molar-refractivity contribution is 5.95. The Morgan fingerprint density at radius 2 is 1.95 bits per heavy atom. The molecular weight excluding hydrogens is 240 g/mol. The van der Waals surface area contributed by atoms with Crippen molar-refractivity contribution < 1.29 is 9.59 Å². The van der Waals surface area contributed by atoms with Crippen molar-refractivity contribution in [3.63, 3.8) is 0 Å². The van der Waals surface area contributed by atoms with Crippen molar-refractivity contribution in [3.05, 3.63) is 47.5 Å². The van der Waals surface area contributed by atoms with Crippen molar-refractivity contribution in [1.82, 2.24) is 10.9 Å². The van der Waals surface area contributed by atoms with E-state index in [0.717, 1.165) is 18.4 Å². The summed E-state index contributed by atoms with van der Waals surface area (Å²) in [7, 11) is 0. The van der Waals surface area contributed by atoms with Crippen molar-refractivity contribution in [3.8, 4) is 0 Å². The van der Waals surface area contributed by atoms with Crippen LogP contribution in [0.3, 0.4) is 0 Å². The first-order valence-electron chi connectivity index (χ1n) is 6.47. The topological polar surface area (TPSA) is 58.2 Å². The van der Waals surface area contributed by atoms with E-state index in [0.29, 0.717) is 17.9 Å². The second-order valence-corrected chi connectivity index (χ2v) is 4.84. The van der Waals surface area contributed by atoms with E-state index in [2.05, 4.69) is 23.0 Å². The SMILES string of the molecule is Cc1ccc(C(=O)NNC(=O)CC2C=CCC2)cc1. The molecule has 0 saturated carbocycles. The van der Waals surface area contributed by atoms with Gasteiger partial charge in [-0.3, -0.25) is 20.4 Å². The van der Waals surface area contributed by atoms with E-state index >= 15 is 0 Å². The molecule has 0 heterocycles. The Labute approximate surface area is 112 Å². The summed E-state index contributed by atoms with van der Waals surface area (Å²) in [5, 5.41) is 0. The molecule has 4 heteroatoms. The lowest BCUT2D eigenvalue weighted by Gasteiger charge is -2.10. The molecular formula is C15H18N2O2. The van der Waals surface area contributed by atoms with Gasteiger partial charge in [-0.05, 0) is 37.8 Å². The molecule has 1 aromatic rings. The Balaban J connectivity index is 1.78. The third kappa shape index (κ3) is 3.95. The zero-order valence-electron chi connectivity index (χ0n) is 11.0. The molecule has 0 aliphatic heterocycles. The minimum Gasteiger partial charge on any atom is -0.273 e. The minimum absolute atomic E-state index is 0.156. The quantitative estimate of drug-likeness (QED) is 0.644. The smallest absolute Gasteiger partial charge is 0.269 e. The zero-order chi connectivity index (χ0) is 13.7. The van der Waals surface area contributed by atoms with Gasteiger partial charge in [-0.25, -0.2) is 0 Å². The molecule has 0 fully saturated rings. The number of carbonyl (C=O) groups is 2. The highest BCUT2D eigenvalue weighted by Gasteiger charge is 2.14. The van der Waals surface area contributed by atoms with Gasteiger partial charge in [0, 0.05) is 12.0 Å². The van der Waals surface area contributed by atoms with Gasteiger partial charge in [0.2, 0.25) is 5.91 Å². The Kier molecular flexibility index (Phi) is 4.34. The second kappa shape index (κ2) is 6.18. The normalized spacial score (nSPS) is 17.2. The van der Waals surface area contributed by atoms with Crippen molar-refractivity contribution in [2.24, 2.45) is 5.92 Å². The third-order valence-corrected chi connectivity index (χ3v) is 3.19. The number of hydrogen-bond donors (Lipinski definition) is 2. The molecule has 0 saturated heterocycles. The number of aryl methyl sites for hydroxylation is 1. The monoisotopic (exact) mass is 258 g/mol. The van der Waals surface area contributed by atoms with Crippen LogP contribution in [-0.2, 0) is 4.79 Å². The molecule has 1 aliphatic carbocycles. The first-order valence-corrected chi connectivity index (χ1v) is 6.47. The Morgan fingerprint density at radius 3 is 2.58 bits per heavy atom. The van der Waals surface area contributed by atoms with E-state index in [-0.39, 0.29) is 11.8 Å². The number of hydrazine groups is 1. The van der Waals surface area contributed by atoms with Crippen LogP contribution in [0.1, 0.15) is 35.2 Å². The lowest BCUT2D eigenvalue weighted by atomic mass is 10.1. The van der Waals surface area contributed by atoms with Crippen molar-refractivity contribution in [1.29, 1.82) is 0 Å². The summed E-state index contributed by atoms with van der Waals surface area (Å²) < 4.78 is 0. The van der Waals surface area contributed by atoms with Gasteiger partial charge in [0.25, 0.3) is 5.91 Å². The predicted octanol–water partition coefficient (Wildman–Crippen LogP) is 2.11. The molecule has 1 aromatic carbocycles. The summed E-state index contributed by atoms with van der Waals surface area (Å²) in [6.45, 7) is 1.96. The lowest BCUT2D eigenvalue weighted by Crippen LogP contribution is -2.42. The van der Waals surface area contributed by atoms with Crippen LogP contribution < -0.4 is 10.9 Å². The molecule has 0 radical (unpaired) electrons. The van der Waals surface area contributed by atoms with Gasteiger partial charge in [-0.15, -0.1) is 0 Å². The second-order valence-electron chi connectivity index (χ2n) is 4.84. The molecule has 0 spiro atoms. The maximum atomic E-state index is 11.8. The number of rotatable bonds is 3.